The molecule has 2 rings (SSSR count). The Hall–Kier alpha value is -1.84. The Bertz CT molecular complexity index is 385. The van der Waals surface area contributed by atoms with E-state index in [4.69, 9.17) is 5.73 Å². The van der Waals surface area contributed by atoms with Crippen molar-refractivity contribution < 1.29 is 0 Å². The van der Waals surface area contributed by atoms with E-state index in [1.165, 1.54) is 0 Å². The molecule has 0 saturated heterocycles. The largest absolute Gasteiger partial charge is 0.384 e. The average molecular weight is 174 g/mol. The smallest absolute Gasteiger partial charge is 0.142 e. The lowest BCUT2D eigenvalue weighted by molar-refractivity contribution is 0.950. The molecule has 0 aliphatic heterocycles. The fourth-order valence-electron chi connectivity index (χ4n) is 1.19. The summed E-state index contributed by atoms with van der Waals surface area (Å²) >= 11 is 0. The van der Waals surface area contributed by atoms with E-state index < -0.39 is 0 Å². The maximum atomic E-state index is 5.60. The molecule has 0 amide bonds. The van der Waals surface area contributed by atoms with Crippen molar-refractivity contribution in [2.24, 2.45) is 0 Å². The Balaban J connectivity index is 2.53. The summed E-state index contributed by atoms with van der Waals surface area (Å²) in [6, 6.07) is 5.62. The zero-order valence-electron chi connectivity index (χ0n) is 7.31. The molecule has 0 atom stereocenters. The molecule has 2 aromatic heterocycles. The number of nitrogens with two attached hydrogens (primary N) is 1. The third kappa shape index (κ3) is 1.51. The second-order valence-corrected chi connectivity index (χ2v) is 2.79. The van der Waals surface area contributed by atoms with Crippen LogP contribution in [0.25, 0.3) is 5.82 Å². The van der Waals surface area contributed by atoms with Crippen LogP contribution in [0.2, 0.25) is 0 Å². The summed E-state index contributed by atoms with van der Waals surface area (Å²) in [6.45, 7) is 1.82. The van der Waals surface area contributed by atoms with Crippen molar-refractivity contribution in [1.29, 1.82) is 0 Å². The molecule has 0 unspecified atom stereocenters. The minimum Gasteiger partial charge on any atom is -0.384 e. The van der Waals surface area contributed by atoms with Gasteiger partial charge < -0.3 is 10.3 Å². The molecule has 4 heteroatoms. The van der Waals surface area contributed by atoms with E-state index in [0.717, 1.165) is 5.82 Å². The number of rotatable bonds is 1. The van der Waals surface area contributed by atoms with E-state index in [9.17, 15) is 0 Å². The van der Waals surface area contributed by atoms with Crippen molar-refractivity contribution in [2.45, 2.75) is 6.92 Å². The summed E-state index contributed by atoms with van der Waals surface area (Å²) < 4.78 is 1.89. The second kappa shape index (κ2) is 2.90. The van der Waals surface area contributed by atoms with E-state index in [2.05, 4.69) is 9.97 Å². The summed E-state index contributed by atoms with van der Waals surface area (Å²) in [7, 11) is 0. The molecule has 2 N–H and O–H groups in total. The van der Waals surface area contributed by atoms with Crippen LogP contribution in [0, 0.1) is 6.92 Å². The molecule has 0 aromatic carbocycles. The van der Waals surface area contributed by atoms with Gasteiger partial charge in [-0.3, -0.25) is 0 Å². The van der Waals surface area contributed by atoms with Crippen LogP contribution in [0.3, 0.4) is 0 Å². The van der Waals surface area contributed by atoms with E-state index in [-0.39, 0.29) is 0 Å². The van der Waals surface area contributed by atoms with Crippen LogP contribution in [0.4, 0.5) is 5.82 Å². The first kappa shape index (κ1) is 7.79. The van der Waals surface area contributed by atoms with Gasteiger partial charge in [0.2, 0.25) is 0 Å². The van der Waals surface area contributed by atoms with Gasteiger partial charge in [-0.15, -0.1) is 0 Å². The Morgan fingerprint density at radius 3 is 2.54 bits per heavy atom. The Labute approximate surface area is 76.1 Å². The van der Waals surface area contributed by atoms with Gasteiger partial charge in [0.05, 0.1) is 0 Å². The lowest BCUT2D eigenvalue weighted by Gasteiger charge is -2.03. The zero-order valence-corrected chi connectivity index (χ0v) is 7.31. The molecule has 2 aromatic rings. The van der Waals surface area contributed by atoms with Gasteiger partial charge >= 0.3 is 0 Å². The van der Waals surface area contributed by atoms with Crippen molar-refractivity contribution >= 4 is 5.82 Å². The highest BCUT2D eigenvalue weighted by atomic mass is 15.1. The van der Waals surface area contributed by atoms with Crippen LogP contribution < -0.4 is 5.73 Å². The fourth-order valence-corrected chi connectivity index (χ4v) is 1.19. The highest BCUT2D eigenvalue weighted by molar-refractivity contribution is 5.37. The van der Waals surface area contributed by atoms with Crippen LogP contribution in [0.15, 0.2) is 30.6 Å². The lowest BCUT2D eigenvalue weighted by atomic mass is 10.5. The fraction of sp³-hybridized carbons (Fsp3) is 0.111. The standard InChI is InChI=1S/C9H10N4/c1-7-11-8(10)6-9(12-7)13-4-2-3-5-13/h2-6H,1H3,(H2,10,11,12). The van der Waals surface area contributed by atoms with Gasteiger partial charge in [0.1, 0.15) is 17.5 Å². The third-order valence-corrected chi connectivity index (χ3v) is 1.71. The summed E-state index contributed by atoms with van der Waals surface area (Å²) in [5.74, 6) is 1.98. The molecule has 0 bridgehead atoms. The first-order chi connectivity index (χ1) is 6.25. The highest BCUT2D eigenvalue weighted by Crippen LogP contribution is 2.07. The SMILES string of the molecule is Cc1nc(N)cc(-n2cccc2)n1. The molecular formula is C9H10N4. The number of nitrogen functional groups attached to an aromatic ring is 1. The normalized spacial score (nSPS) is 10.2. The minimum absolute atomic E-state index is 0.496. The molecule has 13 heavy (non-hydrogen) atoms. The van der Waals surface area contributed by atoms with Gasteiger partial charge in [0.25, 0.3) is 0 Å². The van der Waals surface area contributed by atoms with Crippen LogP contribution in [-0.4, -0.2) is 14.5 Å². The maximum Gasteiger partial charge on any atom is 0.142 e. The first-order valence-electron chi connectivity index (χ1n) is 4.00. The first-order valence-corrected chi connectivity index (χ1v) is 4.00. The number of aryl methyl sites for hydroxylation is 1. The van der Waals surface area contributed by atoms with E-state index in [1.54, 1.807) is 6.07 Å². The minimum atomic E-state index is 0.496. The molecule has 0 aliphatic rings. The Kier molecular flexibility index (Phi) is 1.73. The number of aromatic nitrogens is 3. The Morgan fingerprint density at radius 1 is 1.23 bits per heavy atom. The van der Waals surface area contributed by atoms with Gasteiger partial charge in [0, 0.05) is 18.5 Å². The summed E-state index contributed by atoms with van der Waals surface area (Å²) in [6.07, 6.45) is 3.84. The average Bonchev–Trinajstić information content (AvgIpc) is 2.53. The van der Waals surface area contributed by atoms with Crippen LogP contribution in [0.1, 0.15) is 5.82 Å². The number of hydrogen-bond donors (Lipinski definition) is 1. The summed E-state index contributed by atoms with van der Waals surface area (Å²) in [5.41, 5.74) is 5.60. The predicted octanol–water partition coefficient (Wildman–Crippen LogP) is 1.16. The van der Waals surface area contributed by atoms with Crippen molar-refractivity contribution in [3.63, 3.8) is 0 Å². The molecule has 0 spiro atoms. The van der Waals surface area contributed by atoms with Crippen LogP contribution in [-0.2, 0) is 0 Å². The zero-order chi connectivity index (χ0) is 9.26. The van der Waals surface area contributed by atoms with Crippen LogP contribution >= 0.6 is 0 Å². The number of anilines is 1. The molecule has 0 radical (unpaired) electrons. The quantitative estimate of drug-likeness (QED) is 0.705. The number of nitrogens with zero attached hydrogens (tertiary/aromatic N) is 3. The predicted molar refractivity (Wildman–Crippen MR) is 50.5 cm³/mol. The van der Waals surface area contributed by atoms with Crippen molar-refractivity contribution in [3.8, 4) is 5.82 Å². The molecule has 2 heterocycles. The highest BCUT2D eigenvalue weighted by Gasteiger charge is 1.99. The van der Waals surface area contributed by atoms with E-state index >= 15 is 0 Å². The maximum absolute atomic E-state index is 5.60. The van der Waals surface area contributed by atoms with Crippen LogP contribution in [0.5, 0.6) is 0 Å². The molecule has 4 nitrogen and oxygen atoms in total. The summed E-state index contributed by atoms with van der Waals surface area (Å²) in [4.78, 5) is 8.25. The molecular weight excluding hydrogens is 164 g/mol. The molecule has 0 fully saturated rings. The van der Waals surface area contributed by atoms with E-state index in [0.29, 0.717) is 11.6 Å². The van der Waals surface area contributed by atoms with Crippen molar-refractivity contribution in [2.75, 3.05) is 5.73 Å². The Morgan fingerprint density at radius 2 is 1.92 bits per heavy atom. The monoisotopic (exact) mass is 174 g/mol. The lowest BCUT2D eigenvalue weighted by Crippen LogP contribution is -2.01. The number of hydrogen-bond acceptors (Lipinski definition) is 3. The molecule has 0 aliphatic carbocycles. The van der Waals surface area contributed by atoms with Gasteiger partial charge in [-0.2, -0.15) is 0 Å². The summed E-state index contributed by atoms with van der Waals surface area (Å²) in [5, 5.41) is 0. The van der Waals surface area contributed by atoms with Crippen molar-refractivity contribution in [1.82, 2.24) is 14.5 Å². The van der Waals surface area contributed by atoms with Gasteiger partial charge in [-0.25, -0.2) is 9.97 Å². The molecule has 0 saturated carbocycles. The van der Waals surface area contributed by atoms with Gasteiger partial charge in [-0.05, 0) is 19.1 Å². The van der Waals surface area contributed by atoms with Gasteiger partial charge in [-0.1, -0.05) is 0 Å². The second-order valence-electron chi connectivity index (χ2n) is 2.79. The van der Waals surface area contributed by atoms with Gasteiger partial charge in [0.15, 0.2) is 0 Å². The van der Waals surface area contributed by atoms with Crippen molar-refractivity contribution in [3.05, 3.63) is 36.4 Å². The molecule has 66 valence electrons. The topological polar surface area (TPSA) is 56.7 Å². The van der Waals surface area contributed by atoms with E-state index in [1.807, 2.05) is 36.0 Å². The third-order valence-electron chi connectivity index (χ3n) is 1.71.